The van der Waals surface area contributed by atoms with E-state index in [9.17, 15) is 0 Å². The first-order chi connectivity index (χ1) is 10.3. The molecule has 1 atom stereocenters. The number of hydrazine groups is 1. The Morgan fingerprint density at radius 2 is 1.62 bits per heavy atom. The molecule has 3 N–H and O–H groups in total. The molecule has 0 aliphatic rings. The number of methoxy groups -OCH3 is 1. The second-order valence-corrected chi connectivity index (χ2v) is 5.26. The fourth-order valence-corrected chi connectivity index (χ4v) is 2.48. The number of aryl methyl sites for hydroxylation is 1. The van der Waals surface area contributed by atoms with E-state index >= 15 is 0 Å². The van der Waals surface area contributed by atoms with Crippen LogP contribution in [0.1, 0.15) is 36.1 Å². The molecule has 3 heteroatoms. The van der Waals surface area contributed by atoms with Crippen LogP contribution in [-0.2, 0) is 12.8 Å². The SMILES string of the molecule is CCCc1ccc(C(Cc2ccc(OC)cc2)NN)cc1. The van der Waals surface area contributed by atoms with Crippen LogP contribution in [0.5, 0.6) is 5.75 Å². The third-order valence-electron chi connectivity index (χ3n) is 3.72. The predicted molar refractivity (Wildman–Crippen MR) is 87.2 cm³/mol. The third-order valence-corrected chi connectivity index (χ3v) is 3.72. The lowest BCUT2D eigenvalue weighted by Gasteiger charge is -2.17. The van der Waals surface area contributed by atoms with E-state index in [1.165, 1.54) is 23.1 Å². The average molecular weight is 284 g/mol. The van der Waals surface area contributed by atoms with E-state index in [4.69, 9.17) is 10.6 Å². The van der Waals surface area contributed by atoms with E-state index in [2.05, 4.69) is 48.7 Å². The molecule has 2 aromatic rings. The molecule has 0 aromatic heterocycles. The van der Waals surface area contributed by atoms with Gasteiger partial charge in [0, 0.05) is 6.04 Å². The number of hydrogen-bond donors (Lipinski definition) is 2. The van der Waals surface area contributed by atoms with Gasteiger partial charge in [0.15, 0.2) is 0 Å². The summed E-state index contributed by atoms with van der Waals surface area (Å²) >= 11 is 0. The molecule has 1 unspecified atom stereocenters. The number of nitrogens with two attached hydrogens (primary N) is 1. The first-order valence-electron chi connectivity index (χ1n) is 7.44. The molecular weight excluding hydrogens is 260 g/mol. The summed E-state index contributed by atoms with van der Waals surface area (Å²) in [5.74, 6) is 6.61. The van der Waals surface area contributed by atoms with E-state index in [0.717, 1.165) is 18.6 Å². The van der Waals surface area contributed by atoms with Crippen molar-refractivity contribution in [3.63, 3.8) is 0 Å². The molecule has 0 radical (unpaired) electrons. The molecule has 2 aromatic carbocycles. The standard InChI is InChI=1S/C18H24N2O/c1-3-4-14-5-9-16(10-6-14)18(20-19)13-15-7-11-17(21-2)12-8-15/h5-12,18,20H,3-4,13,19H2,1-2H3. The van der Waals surface area contributed by atoms with Crippen molar-refractivity contribution in [1.82, 2.24) is 5.43 Å². The van der Waals surface area contributed by atoms with Gasteiger partial charge in [-0.1, -0.05) is 49.7 Å². The molecule has 0 saturated heterocycles. The Kier molecular flexibility index (Phi) is 5.78. The van der Waals surface area contributed by atoms with Crippen molar-refractivity contribution in [2.45, 2.75) is 32.2 Å². The summed E-state index contributed by atoms with van der Waals surface area (Å²) in [6.07, 6.45) is 3.15. The lowest BCUT2D eigenvalue weighted by atomic mass is 9.97. The van der Waals surface area contributed by atoms with Crippen molar-refractivity contribution in [3.8, 4) is 5.75 Å². The van der Waals surface area contributed by atoms with Gasteiger partial charge in [0.25, 0.3) is 0 Å². The first-order valence-corrected chi connectivity index (χ1v) is 7.44. The van der Waals surface area contributed by atoms with Gasteiger partial charge in [-0.05, 0) is 41.7 Å². The highest BCUT2D eigenvalue weighted by Crippen LogP contribution is 2.20. The predicted octanol–water partition coefficient (Wildman–Crippen LogP) is 3.39. The zero-order chi connectivity index (χ0) is 15.1. The van der Waals surface area contributed by atoms with Gasteiger partial charge in [0.05, 0.1) is 7.11 Å². The van der Waals surface area contributed by atoms with Gasteiger partial charge in [-0.15, -0.1) is 0 Å². The van der Waals surface area contributed by atoms with Crippen molar-refractivity contribution < 1.29 is 4.74 Å². The monoisotopic (exact) mass is 284 g/mol. The lowest BCUT2D eigenvalue weighted by Crippen LogP contribution is -2.29. The second kappa shape index (κ2) is 7.81. The molecule has 112 valence electrons. The number of rotatable bonds is 7. The highest BCUT2D eigenvalue weighted by molar-refractivity contribution is 5.30. The normalized spacial score (nSPS) is 12.1. The molecule has 0 fully saturated rings. The summed E-state index contributed by atoms with van der Waals surface area (Å²) in [6.45, 7) is 2.20. The summed E-state index contributed by atoms with van der Waals surface area (Å²) < 4.78 is 5.18. The summed E-state index contributed by atoms with van der Waals surface area (Å²) in [7, 11) is 1.68. The van der Waals surface area contributed by atoms with Gasteiger partial charge >= 0.3 is 0 Å². The Hall–Kier alpha value is -1.84. The van der Waals surface area contributed by atoms with Crippen LogP contribution in [-0.4, -0.2) is 7.11 Å². The molecule has 0 aliphatic heterocycles. The number of benzene rings is 2. The maximum absolute atomic E-state index is 5.73. The van der Waals surface area contributed by atoms with Crippen LogP contribution in [0.15, 0.2) is 48.5 Å². The fourth-order valence-electron chi connectivity index (χ4n) is 2.48. The van der Waals surface area contributed by atoms with Crippen molar-refractivity contribution >= 4 is 0 Å². The van der Waals surface area contributed by atoms with Crippen LogP contribution < -0.4 is 16.0 Å². The van der Waals surface area contributed by atoms with Crippen LogP contribution in [0.4, 0.5) is 0 Å². The van der Waals surface area contributed by atoms with Crippen molar-refractivity contribution in [2.24, 2.45) is 5.84 Å². The summed E-state index contributed by atoms with van der Waals surface area (Å²) in [4.78, 5) is 0. The maximum atomic E-state index is 5.73. The second-order valence-electron chi connectivity index (χ2n) is 5.26. The van der Waals surface area contributed by atoms with Crippen LogP contribution in [0.3, 0.4) is 0 Å². The third kappa shape index (κ3) is 4.31. The van der Waals surface area contributed by atoms with E-state index in [0.29, 0.717) is 0 Å². The van der Waals surface area contributed by atoms with Gasteiger partial charge in [-0.2, -0.15) is 0 Å². The van der Waals surface area contributed by atoms with Crippen molar-refractivity contribution in [1.29, 1.82) is 0 Å². The molecule has 0 saturated carbocycles. The molecule has 0 spiro atoms. The van der Waals surface area contributed by atoms with Crippen molar-refractivity contribution in [3.05, 3.63) is 65.2 Å². The molecular formula is C18H24N2O. The average Bonchev–Trinajstić information content (AvgIpc) is 2.54. The summed E-state index contributed by atoms with van der Waals surface area (Å²) in [6, 6.07) is 16.9. The molecule has 0 bridgehead atoms. The lowest BCUT2D eigenvalue weighted by molar-refractivity contribution is 0.414. The minimum Gasteiger partial charge on any atom is -0.497 e. The minimum atomic E-state index is 0.120. The van der Waals surface area contributed by atoms with Gasteiger partial charge in [-0.25, -0.2) is 0 Å². The summed E-state index contributed by atoms with van der Waals surface area (Å²) in [5, 5.41) is 0. The fraction of sp³-hybridized carbons (Fsp3) is 0.333. The highest BCUT2D eigenvalue weighted by atomic mass is 16.5. The Morgan fingerprint density at radius 3 is 2.14 bits per heavy atom. The Labute approximate surface area is 127 Å². The van der Waals surface area contributed by atoms with Crippen LogP contribution in [0, 0.1) is 0 Å². The molecule has 2 rings (SSSR count). The number of ether oxygens (including phenoxy) is 1. The maximum Gasteiger partial charge on any atom is 0.118 e. The van der Waals surface area contributed by atoms with Gasteiger partial charge in [-0.3, -0.25) is 11.3 Å². The van der Waals surface area contributed by atoms with E-state index in [-0.39, 0.29) is 6.04 Å². The molecule has 3 nitrogen and oxygen atoms in total. The smallest absolute Gasteiger partial charge is 0.118 e. The van der Waals surface area contributed by atoms with Crippen LogP contribution in [0.25, 0.3) is 0 Å². The van der Waals surface area contributed by atoms with Gasteiger partial charge < -0.3 is 4.74 Å². The van der Waals surface area contributed by atoms with E-state index in [1.807, 2.05) is 12.1 Å². The largest absolute Gasteiger partial charge is 0.497 e. The number of hydrogen-bond acceptors (Lipinski definition) is 3. The molecule has 21 heavy (non-hydrogen) atoms. The first kappa shape index (κ1) is 15.5. The Bertz CT molecular complexity index is 534. The number of nitrogens with one attached hydrogen (secondary N) is 1. The van der Waals surface area contributed by atoms with Crippen molar-refractivity contribution in [2.75, 3.05) is 7.11 Å². The quantitative estimate of drug-likeness (QED) is 0.605. The van der Waals surface area contributed by atoms with Gasteiger partial charge in [0.1, 0.15) is 5.75 Å². The Morgan fingerprint density at radius 1 is 1.00 bits per heavy atom. The van der Waals surface area contributed by atoms with Crippen LogP contribution in [0.2, 0.25) is 0 Å². The Balaban J connectivity index is 2.07. The molecule has 0 heterocycles. The minimum absolute atomic E-state index is 0.120. The molecule has 0 aliphatic carbocycles. The zero-order valence-electron chi connectivity index (χ0n) is 12.8. The summed E-state index contributed by atoms with van der Waals surface area (Å²) in [5.41, 5.74) is 6.74. The highest BCUT2D eigenvalue weighted by Gasteiger charge is 2.10. The van der Waals surface area contributed by atoms with E-state index < -0.39 is 0 Å². The van der Waals surface area contributed by atoms with E-state index in [1.54, 1.807) is 7.11 Å². The molecule has 0 amide bonds. The zero-order valence-corrected chi connectivity index (χ0v) is 12.8. The van der Waals surface area contributed by atoms with Gasteiger partial charge in [0.2, 0.25) is 0 Å². The topological polar surface area (TPSA) is 47.3 Å². The van der Waals surface area contributed by atoms with Crippen LogP contribution >= 0.6 is 0 Å².